The van der Waals surface area contributed by atoms with Crippen molar-refractivity contribution in [3.05, 3.63) is 52.1 Å². The first-order valence-corrected chi connectivity index (χ1v) is 8.35. The summed E-state index contributed by atoms with van der Waals surface area (Å²) in [6, 6.07) is 10.2. The summed E-state index contributed by atoms with van der Waals surface area (Å²) in [6.07, 6.45) is 0. The van der Waals surface area contributed by atoms with E-state index in [2.05, 4.69) is 10.2 Å². The Morgan fingerprint density at radius 1 is 1.13 bits per heavy atom. The Hall–Kier alpha value is -2.27. The summed E-state index contributed by atoms with van der Waals surface area (Å²) in [4.78, 5) is -0.103. The summed E-state index contributed by atoms with van der Waals surface area (Å²) in [5, 5.41) is 16.3. The molecule has 6 nitrogen and oxygen atoms in total. The first kappa shape index (κ1) is 15.6. The van der Waals surface area contributed by atoms with E-state index >= 15 is 0 Å². The van der Waals surface area contributed by atoms with Crippen molar-refractivity contribution in [1.29, 1.82) is 5.26 Å². The lowest BCUT2D eigenvalue weighted by Crippen LogP contribution is -2.09. The molecule has 0 radical (unpaired) electrons. The molecule has 0 amide bonds. The number of fused-ring (bicyclic) bond motifs is 1. The van der Waals surface area contributed by atoms with Crippen LogP contribution in [0.3, 0.4) is 0 Å². The standard InChI is InChI=1S/C14H7Cl2N3O3S/c15-11-3-1-8(5-12(11)16)22-23(20,21)9-2-4-13-10(6-9)14(7-17)19-18-13/h1-6H,(H,18,19). The van der Waals surface area contributed by atoms with Crippen molar-refractivity contribution >= 4 is 44.2 Å². The zero-order valence-electron chi connectivity index (χ0n) is 11.2. The van der Waals surface area contributed by atoms with Crippen molar-refractivity contribution in [2.75, 3.05) is 0 Å². The fraction of sp³-hybridized carbons (Fsp3) is 0. The molecule has 0 bridgehead atoms. The van der Waals surface area contributed by atoms with Crippen LogP contribution in [0.4, 0.5) is 0 Å². The molecule has 1 N–H and O–H groups in total. The van der Waals surface area contributed by atoms with Gasteiger partial charge in [0, 0.05) is 11.5 Å². The molecule has 0 unspecified atom stereocenters. The molecule has 0 atom stereocenters. The summed E-state index contributed by atoms with van der Waals surface area (Å²) in [5.74, 6) is 0.0344. The van der Waals surface area contributed by atoms with Crippen molar-refractivity contribution in [3.63, 3.8) is 0 Å². The van der Waals surface area contributed by atoms with Crippen LogP contribution in [0.25, 0.3) is 10.9 Å². The van der Waals surface area contributed by atoms with E-state index in [1.807, 2.05) is 6.07 Å². The van der Waals surface area contributed by atoms with Crippen LogP contribution in [0, 0.1) is 11.3 Å². The van der Waals surface area contributed by atoms with Crippen molar-refractivity contribution in [3.8, 4) is 11.8 Å². The first-order chi connectivity index (χ1) is 10.9. The van der Waals surface area contributed by atoms with E-state index in [-0.39, 0.29) is 26.4 Å². The highest BCUT2D eigenvalue weighted by Gasteiger charge is 2.19. The topological polar surface area (TPSA) is 95.8 Å². The van der Waals surface area contributed by atoms with E-state index in [0.29, 0.717) is 10.9 Å². The Kier molecular flexibility index (Phi) is 3.90. The van der Waals surface area contributed by atoms with Crippen LogP contribution >= 0.6 is 23.2 Å². The molecular weight excluding hydrogens is 361 g/mol. The quantitative estimate of drug-likeness (QED) is 0.714. The van der Waals surface area contributed by atoms with Gasteiger partial charge in [-0.3, -0.25) is 5.10 Å². The predicted molar refractivity (Wildman–Crippen MR) is 85.1 cm³/mol. The van der Waals surface area contributed by atoms with E-state index in [0.717, 1.165) is 0 Å². The number of nitriles is 1. The monoisotopic (exact) mass is 367 g/mol. The van der Waals surface area contributed by atoms with Crippen LogP contribution in [0.1, 0.15) is 5.69 Å². The fourth-order valence-corrected chi connectivity index (χ4v) is 3.18. The Bertz CT molecular complexity index is 1050. The lowest BCUT2D eigenvalue weighted by atomic mass is 10.2. The maximum atomic E-state index is 12.4. The average molecular weight is 368 g/mol. The lowest BCUT2D eigenvalue weighted by molar-refractivity contribution is 0.486. The SMILES string of the molecule is N#Cc1n[nH]c2ccc(S(=O)(=O)Oc3ccc(Cl)c(Cl)c3)cc12. The summed E-state index contributed by atoms with van der Waals surface area (Å²) in [7, 11) is -4.09. The minimum absolute atomic E-state index is 0.0344. The number of aromatic nitrogens is 2. The molecule has 1 heterocycles. The molecule has 2 aromatic carbocycles. The number of H-pyrrole nitrogens is 1. The average Bonchev–Trinajstić information content (AvgIpc) is 2.93. The van der Waals surface area contributed by atoms with Gasteiger partial charge in [0.25, 0.3) is 0 Å². The second-order valence-electron chi connectivity index (χ2n) is 4.50. The van der Waals surface area contributed by atoms with Crippen LogP contribution in [-0.2, 0) is 10.1 Å². The van der Waals surface area contributed by atoms with Gasteiger partial charge in [0.1, 0.15) is 16.7 Å². The normalized spacial score (nSPS) is 11.3. The molecule has 0 aliphatic heterocycles. The molecular formula is C14H7Cl2N3O3S. The minimum atomic E-state index is -4.09. The minimum Gasteiger partial charge on any atom is -0.379 e. The van der Waals surface area contributed by atoms with E-state index in [1.165, 1.54) is 36.4 Å². The van der Waals surface area contributed by atoms with Gasteiger partial charge in [-0.2, -0.15) is 18.8 Å². The molecule has 0 aliphatic rings. The molecule has 0 aliphatic carbocycles. The molecule has 3 rings (SSSR count). The van der Waals surface area contributed by atoms with Gasteiger partial charge in [-0.15, -0.1) is 0 Å². The highest BCUT2D eigenvalue weighted by molar-refractivity contribution is 7.87. The third-order valence-electron chi connectivity index (χ3n) is 3.03. The fourth-order valence-electron chi connectivity index (χ4n) is 1.94. The molecule has 0 spiro atoms. The van der Waals surface area contributed by atoms with Gasteiger partial charge in [-0.1, -0.05) is 23.2 Å². The molecule has 1 aromatic heterocycles. The number of hydrogen-bond acceptors (Lipinski definition) is 5. The molecule has 9 heteroatoms. The number of aromatic amines is 1. The zero-order chi connectivity index (χ0) is 16.6. The number of benzene rings is 2. The van der Waals surface area contributed by atoms with Gasteiger partial charge < -0.3 is 4.18 Å². The predicted octanol–water partition coefficient (Wildman–Crippen LogP) is 3.51. The Morgan fingerprint density at radius 2 is 1.91 bits per heavy atom. The second kappa shape index (κ2) is 5.74. The first-order valence-electron chi connectivity index (χ1n) is 6.18. The Balaban J connectivity index is 2.02. The van der Waals surface area contributed by atoms with Crippen LogP contribution in [0.15, 0.2) is 41.3 Å². The molecule has 0 saturated heterocycles. The van der Waals surface area contributed by atoms with Gasteiger partial charge in [0.05, 0.1) is 15.6 Å². The van der Waals surface area contributed by atoms with E-state index in [4.69, 9.17) is 32.6 Å². The second-order valence-corrected chi connectivity index (χ2v) is 6.87. The third-order valence-corrected chi connectivity index (χ3v) is 5.01. The zero-order valence-corrected chi connectivity index (χ0v) is 13.6. The number of rotatable bonds is 3. The van der Waals surface area contributed by atoms with Gasteiger partial charge in [0.15, 0.2) is 5.69 Å². The molecule has 23 heavy (non-hydrogen) atoms. The maximum absolute atomic E-state index is 12.4. The molecule has 0 saturated carbocycles. The van der Waals surface area contributed by atoms with Gasteiger partial charge >= 0.3 is 10.1 Å². The maximum Gasteiger partial charge on any atom is 0.339 e. The Morgan fingerprint density at radius 3 is 2.61 bits per heavy atom. The Labute approximate surface area is 141 Å². The molecule has 0 fully saturated rings. The van der Waals surface area contributed by atoms with Crippen molar-refractivity contribution < 1.29 is 12.6 Å². The third kappa shape index (κ3) is 2.97. The van der Waals surface area contributed by atoms with E-state index in [9.17, 15) is 8.42 Å². The van der Waals surface area contributed by atoms with Crippen molar-refractivity contribution in [2.24, 2.45) is 0 Å². The number of nitrogens with zero attached hydrogens (tertiary/aromatic N) is 2. The van der Waals surface area contributed by atoms with Crippen molar-refractivity contribution in [2.45, 2.75) is 4.90 Å². The van der Waals surface area contributed by atoms with Crippen LogP contribution in [0.2, 0.25) is 10.0 Å². The lowest BCUT2D eigenvalue weighted by Gasteiger charge is -2.08. The van der Waals surface area contributed by atoms with E-state index < -0.39 is 10.1 Å². The number of halogens is 2. The summed E-state index contributed by atoms with van der Waals surface area (Å²) >= 11 is 11.6. The highest BCUT2D eigenvalue weighted by Crippen LogP contribution is 2.29. The number of nitrogens with one attached hydrogen (secondary N) is 1. The summed E-state index contributed by atoms with van der Waals surface area (Å²) < 4.78 is 29.7. The highest BCUT2D eigenvalue weighted by atomic mass is 35.5. The van der Waals surface area contributed by atoms with Gasteiger partial charge in [-0.05, 0) is 30.3 Å². The molecule has 116 valence electrons. The summed E-state index contributed by atoms with van der Waals surface area (Å²) in [6.45, 7) is 0. The largest absolute Gasteiger partial charge is 0.379 e. The van der Waals surface area contributed by atoms with Crippen LogP contribution in [0.5, 0.6) is 5.75 Å². The van der Waals surface area contributed by atoms with Gasteiger partial charge in [-0.25, -0.2) is 0 Å². The van der Waals surface area contributed by atoms with E-state index in [1.54, 1.807) is 0 Å². The van der Waals surface area contributed by atoms with Gasteiger partial charge in [0.2, 0.25) is 0 Å². The smallest absolute Gasteiger partial charge is 0.339 e. The summed E-state index contributed by atoms with van der Waals surface area (Å²) in [5.41, 5.74) is 0.654. The van der Waals surface area contributed by atoms with Crippen molar-refractivity contribution in [1.82, 2.24) is 10.2 Å². The molecule has 3 aromatic rings. The van der Waals surface area contributed by atoms with Crippen LogP contribution < -0.4 is 4.18 Å². The number of hydrogen-bond donors (Lipinski definition) is 1. The van der Waals surface area contributed by atoms with Crippen LogP contribution in [-0.4, -0.2) is 18.6 Å².